The van der Waals surface area contributed by atoms with Crippen molar-refractivity contribution in [3.63, 3.8) is 0 Å². The molecule has 1 aliphatic heterocycles. The second-order valence-corrected chi connectivity index (χ2v) is 9.03. The van der Waals surface area contributed by atoms with E-state index in [1.807, 2.05) is 19.1 Å². The molecule has 0 spiro atoms. The molecule has 7 nitrogen and oxygen atoms in total. The van der Waals surface area contributed by atoms with Crippen molar-refractivity contribution in [3.8, 4) is 5.75 Å². The van der Waals surface area contributed by atoms with Crippen molar-refractivity contribution >= 4 is 33.2 Å². The van der Waals surface area contributed by atoms with E-state index in [4.69, 9.17) is 21.2 Å². The van der Waals surface area contributed by atoms with Crippen LogP contribution in [0.15, 0.2) is 35.2 Å². The molecule has 2 aromatic carbocycles. The Labute approximate surface area is 175 Å². The number of rotatable bonds is 5. The van der Waals surface area contributed by atoms with Gasteiger partial charge in [-0.05, 0) is 55.2 Å². The third-order valence-electron chi connectivity index (χ3n) is 5.08. The maximum atomic E-state index is 13.4. The maximum Gasteiger partial charge on any atom is 0.266 e. The summed E-state index contributed by atoms with van der Waals surface area (Å²) < 4.78 is 31.5. The summed E-state index contributed by atoms with van der Waals surface area (Å²) in [5.74, 6) is 0.294. The Kier molecular flexibility index (Phi) is 6.19. The highest BCUT2D eigenvalue weighted by atomic mass is 35.5. The number of ether oxygens (including phenoxy) is 1. The van der Waals surface area contributed by atoms with Gasteiger partial charge in [0, 0.05) is 19.2 Å². The summed E-state index contributed by atoms with van der Waals surface area (Å²) in [5, 5.41) is 0.0120. The first kappa shape index (κ1) is 21.6. The van der Waals surface area contributed by atoms with Crippen LogP contribution >= 0.6 is 11.6 Å². The molecule has 0 fully saturated rings. The van der Waals surface area contributed by atoms with Crippen molar-refractivity contribution in [3.05, 3.63) is 52.0 Å². The van der Waals surface area contributed by atoms with E-state index in [1.165, 1.54) is 32.4 Å². The predicted molar refractivity (Wildman–Crippen MR) is 111 cm³/mol. The zero-order chi connectivity index (χ0) is 21.3. The van der Waals surface area contributed by atoms with Crippen molar-refractivity contribution < 1.29 is 22.8 Å². The van der Waals surface area contributed by atoms with Gasteiger partial charge in [-0.1, -0.05) is 22.1 Å². The monoisotopic (exact) mass is 438 g/mol. The van der Waals surface area contributed by atoms with Crippen LogP contribution in [0.3, 0.4) is 0 Å². The number of carbonyl (C=O) groups is 1. The molecule has 0 saturated heterocycles. The third-order valence-corrected chi connectivity index (χ3v) is 7.24. The highest BCUT2D eigenvalue weighted by Crippen LogP contribution is 2.39. The average molecular weight is 439 g/mol. The fourth-order valence-electron chi connectivity index (χ4n) is 3.45. The van der Waals surface area contributed by atoms with Gasteiger partial charge in [-0.2, -0.15) is 0 Å². The first-order chi connectivity index (χ1) is 13.7. The van der Waals surface area contributed by atoms with Gasteiger partial charge in [0.1, 0.15) is 10.6 Å². The zero-order valence-corrected chi connectivity index (χ0v) is 18.3. The Morgan fingerprint density at radius 2 is 1.93 bits per heavy atom. The summed E-state index contributed by atoms with van der Waals surface area (Å²) in [4.78, 5) is 19.6. The summed E-state index contributed by atoms with van der Waals surface area (Å²) in [7, 11) is 0.0569. The van der Waals surface area contributed by atoms with E-state index in [1.54, 1.807) is 12.0 Å². The molecule has 9 heteroatoms. The second-order valence-electron chi connectivity index (χ2n) is 6.71. The number of nitrogens with zero attached hydrogens (tertiary/aromatic N) is 2. The molecule has 0 unspecified atom stereocenters. The van der Waals surface area contributed by atoms with Gasteiger partial charge >= 0.3 is 0 Å². The normalized spacial score (nSPS) is 14.1. The van der Waals surface area contributed by atoms with Crippen LogP contribution in [0.2, 0.25) is 5.02 Å². The van der Waals surface area contributed by atoms with Crippen molar-refractivity contribution in [2.75, 3.05) is 32.7 Å². The molecule has 156 valence electrons. The first-order valence-corrected chi connectivity index (χ1v) is 10.8. The summed E-state index contributed by atoms with van der Waals surface area (Å²) in [6.07, 6.45) is 1.65. The van der Waals surface area contributed by atoms with E-state index < -0.39 is 10.0 Å². The van der Waals surface area contributed by atoms with Crippen LogP contribution in [0.1, 0.15) is 27.9 Å². The third kappa shape index (κ3) is 3.85. The minimum atomic E-state index is -4.00. The SMILES string of the molecule is COc1ccc(C)c2c1N(C(=O)c1ccc(Cl)c(S(=O)(=O)N(C)OC)c1)CCC2. The maximum absolute atomic E-state index is 13.4. The summed E-state index contributed by atoms with van der Waals surface area (Å²) in [6, 6.07) is 8.02. The lowest BCUT2D eigenvalue weighted by atomic mass is 9.95. The average Bonchev–Trinajstić information content (AvgIpc) is 2.72. The minimum absolute atomic E-state index is 0.0120. The van der Waals surface area contributed by atoms with E-state index in [-0.39, 0.29) is 21.4 Å². The molecule has 2 aromatic rings. The number of methoxy groups -OCH3 is 1. The van der Waals surface area contributed by atoms with E-state index in [9.17, 15) is 13.2 Å². The standard InChI is InChI=1S/C20H23ClN2O5S/c1-13-7-10-17(27-3)19-15(13)6-5-11-23(19)20(24)14-8-9-16(21)18(12-14)29(25,26)22(2)28-4/h7-10,12H,5-6,11H2,1-4H3. The first-order valence-electron chi connectivity index (χ1n) is 9.03. The van der Waals surface area contributed by atoms with Crippen LogP contribution in [0.5, 0.6) is 5.75 Å². The van der Waals surface area contributed by atoms with Crippen LogP contribution in [0, 0.1) is 6.92 Å². The molecule has 0 aromatic heterocycles. The fourth-order valence-corrected chi connectivity index (χ4v) is 4.92. The highest BCUT2D eigenvalue weighted by Gasteiger charge is 2.30. The highest BCUT2D eigenvalue weighted by molar-refractivity contribution is 7.89. The summed E-state index contributed by atoms with van der Waals surface area (Å²) in [6.45, 7) is 2.51. The van der Waals surface area contributed by atoms with E-state index >= 15 is 0 Å². The van der Waals surface area contributed by atoms with Crippen molar-refractivity contribution in [2.45, 2.75) is 24.7 Å². The van der Waals surface area contributed by atoms with Gasteiger partial charge in [0.15, 0.2) is 0 Å². The van der Waals surface area contributed by atoms with Crippen molar-refractivity contribution in [1.29, 1.82) is 0 Å². The molecule has 0 saturated carbocycles. The van der Waals surface area contributed by atoms with Gasteiger partial charge in [-0.25, -0.2) is 8.42 Å². The van der Waals surface area contributed by atoms with Crippen LogP contribution in [0.25, 0.3) is 0 Å². The molecule has 0 aliphatic carbocycles. The quantitative estimate of drug-likeness (QED) is 0.668. The molecule has 0 radical (unpaired) electrons. The molecule has 1 amide bonds. The molecule has 1 aliphatic rings. The molecule has 3 rings (SSSR count). The number of benzene rings is 2. The Bertz CT molecular complexity index is 1060. The van der Waals surface area contributed by atoms with Crippen LogP contribution in [-0.4, -0.2) is 46.6 Å². The number of hydrogen-bond donors (Lipinski definition) is 0. The van der Waals surface area contributed by atoms with E-state index in [0.717, 1.165) is 29.7 Å². The smallest absolute Gasteiger partial charge is 0.266 e. The zero-order valence-electron chi connectivity index (χ0n) is 16.7. The molecule has 0 bridgehead atoms. The van der Waals surface area contributed by atoms with Gasteiger partial charge in [0.05, 0.1) is 24.9 Å². The number of aryl methyl sites for hydroxylation is 1. The molecule has 1 heterocycles. The van der Waals surface area contributed by atoms with Crippen LogP contribution in [0.4, 0.5) is 5.69 Å². The Morgan fingerprint density at radius 1 is 1.21 bits per heavy atom. The second kappa shape index (κ2) is 8.31. The summed E-state index contributed by atoms with van der Waals surface area (Å²) in [5.41, 5.74) is 3.09. The Morgan fingerprint density at radius 3 is 2.59 bits per heavy atom. The number of carbonyl (C=O) groups excluding carboxylic acids is 1. The Balaban J connectivity index is 2.09. The molecule has 0 N–H and O–H groups in total. The largest absolute Gasteiger partial charge is 0.495 e. The molecular weight excluding hydrogens is 416 g/mol. The number of sulfonamides is 1. The van der Waals surface area contributed by atoms with Crippen LogP contribution < -0.4 is 9.64 Å². The molecule has 29 heavy (non-hydrogen) atoms. The van der Waals surface area contributed by atoms with Gasteiger partial charge in [0.2, 0.25) is 0 Å². The fraction of sp³-hybridized carbons (Fsp3) is 0.350. The predicted octanol–water partition coefficient (Wildman–Crippen LogP) is 3.43. The number of anilines is 1. The number of fused-ring (bicyclic) bond motifs is 1. The number of halogens is 1. The molecule has 0 atom stereocenters. The molecular formula is C20H23ClN2O5S. The number of hydrogen-bond acceptors (Lipinski definition) is 5. The van der Waals surface area contributed by atoms with Gasteiger partial charge in [0.25, 0.3) is 15.9 Å². The number of amides is 1. The van der Waals surface area contributed by atoms with Gasteiger partial charge < -0.3 is 9.64 Å². The van der Waals surface area contributed by atoms with E-state index in [2.05, 4.69) is 0 Å². The lowest BCUT2D eigenvalue weighted by Crippen LogP contribution is -2.36. The van der Waals surface area contributed by atoms with Crippen LogP contribution in [-0.2, 0) is 21.3 Å². The van der Waals surface area contributed by atoms with Crippen molar-refractivity contribution in [2.24, 2.45) is 0 Å². The van der Waals surface area contributed by atoms with Gasteiger partial charge in [-0.3, -0.25) is 9.63 Å². The Hall–Kier alpha value is -2.13. The lowest BCUT2D eigenvalue weighted by molar-refractivity contribution is -0.0258. The summed E-state index contributed by atoms with van der Waals surface area (Å²) >= 11 is 6.12. The number of hydroxylamine groups is 1. The van der Waals surface area contributed by atoms with E-state index in [0.29, 0.717) is 16.8 Å². The van der Waals surface area contributed by atoms with Crippen molar-refractivity contribution in [1.82, 2.24) is 4.47 Å². The topological polar surface area (TPSA) is 76.2 Å². The van der Waals surface area contributed by atoms with Gasteiger partial charge in [-0.15, -0.1) is 0 Å². The lowest BCUT2D eigenvalue weighted by Gasteiger charge is -2.32. The minimum Gasteiger partial charge on any atom is -0.495 e.